The second kappa shape index (κ2) is 1.93. The molecule has 0 aromatic heterocycles. The first-order valence-electron chi connectivity index (χ1n) is 4.09. The van der Waals surface area contributed by atoms with Gasteiger partial charge in [-0.25, -0.2) is 8.78 Å². The fourth-order valence-electron chi connectivity index (χ4n) is 1.59. The van der Waals surface area contributed by atoms with Crippen LogP contribution < -0.4 is 0 Å². The summed E-state index contributed by atoms with van der Waals surface area (Å²) in [6.45, 7) is 0. The van der Waals surface area contributed by atoms with Crippen molar-refractivity contribution in [3.05, 3.63) is 0 Å². The maximum atomic E-state index is 13.1. The van der Waals surface area contributed by atoms with Gasteiger partial charge in [0.15, 0.2) is 0 Å². The summed E-state index contributed by atoms with van der Waals surface area (Å²) in [5.41, 5.74) is 0. The summed E-state index contributed by atoms with van der Waals surface area (Å²) in [6, 6.07) is 0. The van der Waals surface area contributed by atoms with Crippen molar-refractivity contribution < 1.29 is 8.78 Å². The first-order chi connectivity index (χ1) is 4.71. The highest BCUT2D eigenvalue weighted by molar-refractivity contribution is 4.94. The maximum absolute atomic E-state index is 13.1. The van der Waals surface area contributed by atoms with Crippen LogP contribution in [0.2, 0.25) is 0 Å². The zero-order valence-electron chi connectivity index (χ0n) is 5.95. The molecule has 0 radical (unpaired) electrons. The lowest BCUT2D eigenvalue weighted by Crippen LogP contribution is -2.35. The Labute approximate surface area is 59.6 Å². The van der Waals surface area contributed by atoms with E-state index in [1.54, 1.807) is 0 Å². The van der Waals surface area contributed by atoms with Crippen LogP contribution in [0.4, 0.5) is 8.78 Å². The molecule has 2 heteroatoms. The molecule has 0 saturated heterocycles. The predicted molar refractivity (Wildman–Crippen MR) is 35.0 cm³/mol. The van der Waals surface area contributed by atoms with Crippen LogP contribution in [0.1, 0.15) is 32.1 Å². The third-order valence-electron chi connectivity index (χ3n) is 2.77. The average Bonchev–Trinajstić information content (AvgIpc) is 2.32. The van der Waals surface area contributed by atoms with Gasteiger partial charge in [0.1, 0.15) is 0 Å². The fourth-order valence-corrected chi connectivity index (χ4v) is 1.59. The van der Waals surface area contributed by atoms with E-state index in [9.17, 15) is 8.78 Å². The molecule has 0 aliphatic heterocycles. The smallest absolute Gasteiger partial charge is 0.206 e. The van der Waals surface area contributed by atoms with E-state index in [1.807, 2.05) is 0 Å². The van der Waals surface area contributed by atoms with E-state index in [0.717, 1.165) is 32.1 Å². The molecule has 2 fully saturated rings. The average molecular weight is 146 g/mol. The minimum atomic E-state index is -2.29. The van der Waals surface area contributed by atoms with Crippen molar-refractivity contribution in [3.63, 3.8) is 0 Å². The minimum Gasteiger partial charge on any atom is -0.206 e. The van der Waals surface area contributed by atoms with E-state index in [2.05, 4.69) is 0 Å². The molecule has 0 N–H and O–H groups in total. The lowest BCUT2D eigenvalue weighted by molar-refractivity contribution is -0.105. The van der Waals surface area contributed by atoms with E-state index in [4.69, 9.17) is 0 Å². The summed E-state index contributed by atoms with van der Waals surface area (Å²) in [4.78, 5) is 0. The predicted octanol–water partition coefficient (Wildman–Crippen LogP) is 2.83. The Morgan fingerprint density at radius 2 is 1.40 bits per heavy atom. The molecule has 2 aliphatic carbocycles. The summed E-state index contributed by atoms with van der Waals surface area (Å²) in [5, 5.41) is 0. The van der Waals surface area contributed by atoms with Gasteiger partial charge in [-0.15, -0.1) is 0 Å². The maximum Gasteiger partial charge on any atom is 0.253 e. The van der Waals surface area contributed by atoms with Crippen LogP contribution in [-0.2, 0) is 0 Å². The van der Waals surface area contributed by atoms with Gasteiger partial charge >= 0.3 is 0 Å². The SMILES string of the molecule is FC(F)(C1CCC1)C1CC1. The van der Waals surface area contributed by atoms with E-state index < -0.39 is 5.92 Å². The number of halogens is 2. The van der Waals surface area contributed by atoms with Gasteiger partial charge in [-0.3, -0.25) is 0 Å². The van der Waals surface area contributed by atoms with E-state index in [1.165, 1.54) is 0 Å². The van der Waals surface area contributed by atoms with Crippen LogP contribution in [0.5, 0.6) is 0 Å². The minimum absolute atomic E-state index is 0.238. The van der Waals surface area contributed by atoms with Gasteiger partial charge < -0.3 is 0 Å². The molecule has 0 atom stereocenters. The number of hydrogen-bond acceptors (Lipinski definition) is 0. The van der Waals surface area contributed by atoms with Gasteiger partial charge in [-0.2, -0.15) is 0 Å². The molecule has 58 valence electrons. The molecule has 10 heavy (non-hydrogen) atoms. The van der Waals surface area contributed by atoms with Crippen molar-refractivity contribution in [3.8, 4) is 0 Å². The second-order valence-corrected chi connectivity index (χ2v) is 3.58. The normalized spacial score (nSPS) is 28.2. The van der Waals surface area contributed by atoms with Gasteiger partial charge in [0, 0.05) is 11.8 Å². The number of hydrogen-bond donors (Lipinski definition) is 0. The largest absolute Gasteiger partial charge is 0.253 e. The third-order valence-corrected chi connectivity index (χ3v) is 2.77. The second-order valence-electron chi connectivity index (χ2n) is 3.58. The Morgan fingerprint density at radius 3 is 1.70 bits per heavy atom. The lowest BCUT2D eigenvalue weighted by atomic mass is 9.79. The van der Waals surface area contributed by atoms with Crippen LogP contribution in [0.3, 0.4) is 0 Å². The van der Waals surface area contributed by atoms with Gasteiger partial charge in [-0.1, -0.05) is 6.42 Å². The molecule has 0 amide bonds. The first-order valence-corrected chi connectivity index (χ1v) is 4.09. The van der Waals surface area contributed by atoms with E-state index >= 15 is 0 Å². The van der Waals surface area contributed by atoms with Crippen molar-refractivity contribution >= 4 is 0 Å². The van der Waals surface area contributed by atoms with Crippen molar-refractivity contribution in [1.82, 2.24) is 0 Å². The highest BCUT2D eigenvalue weighted by atomic mass is 19.3. The zero-order chi connectivity index (χ0) is 7.19. The van der Waals surface area contributed by atoms with Gasteiger partial charge in [0.2, 0.25) is 0 Å². The van der Waals surface area contributed by atoms with E-state index in [-0.39, 0.29) is 11.8 Å². The molecule has 2 rings (SSSR count). The highest BCUT2D eigenvalue weighted by Crippen LogP contribution is 2.52. The van der Waals surface area contributed by atoms with Crippen molar-refractivity contribution in [2.45, 2.75) is 38.0 Å². The molecule has 0 aromatic rings. The van der Waals surface area contributed by atoms with Gasteiger partial charge in [0.25, 0.3) is 5.92 Å². The molecule has 2 saturated carbocycles. The topological polar surface area (TPSA) is 0 Å². The van der Waals surface area contributed by atoms with Gasteiger partial charge in [0.05, 0.1) is 0 Å². The molecule has 0 heterocycles. The van der Waals surface area contributed by atoms with Crippen LogP contribution in [0.25, 0.3) is 0 Å². The molecule has 0 nitrogen and oxygen atoms in total. The van der Waals surface area contributed by atoms with Crippen molar-refractivity contribution in [2.75, 3.05) is 0 Å². The molecule has 0 unspecified atom stereocenters. The molecular weight excluding hydrogens is 134 g/mol. The molecule has 0 bridgehead atoms. The van der Waals surface area contributed by atoms with Crippen LogP contribution in [0.15, 0.2) is 0 Å². The monoisotopic (exact) mass is 146 g/mol. The summed E-state index contributed by atoms with van der Waals surface area (Å²) >= 11 is 0. The van der Waals surface area contributed by atoms with E-state index in [0.29, 0.717) is 0 Å². The van der Waals surface area contributed by atoms with Crippen LogP contribution in [-0.4, -0.2) is 5.92 Å². The molecule has 2 aliphatic rings. The quantitative estimate of drug-likeness (QED) is 0.562. The van der Waals surface area contributed by atoms with Crippen LogP contribution in [0, 0.1) is 11.8 Å². The fraction of sp³-hybridized carbons (Fsp3) is 1.00. The Hall–Kier alpha value is -0.140. The summed E-state index contributed by atoms with van der Waals surface area (Å²) in [6.07, 6.45) is 4.09. The molecule has 0 aromatic carbocycles. The highest BCUT2D eigenvalue weighted by Gasteiger charge is 2.53. The van der Waals surface area contributed by atoms with Crippen molar-refractivity contribution in [1.29, 1.82) is 0 Å². The van der Waals surface area contributed by atoms with Gasteiger partial charge in [-0.05, 0) is 25.7 Å². The lowest BCUT2D eigenvalue weighted by Gasteiger charge is -2.33. The number of alkyl halides is 2. The molecule has 0 spiro atoms. The standard InChI is InChI=1S/C8H12F2/c9-8(10,7-4-5-7)6-2-1-3-6/h6-7H,1-5H2. The Morgan fingerprint density at radius 1 is 0.900 bits per heavy atom. The Kier molecular flexibility index (Phi) is 1.26. The zero-order valence-corrected chi connectivity index (χ0v) is 5.95. The Balaban J connectivity index is 1.97. The van der Waals surface area contributed by atoms with Crippen molar-refractivity contribution in [2.24, 2.45) is 11.8 Å². The summed E-state index contributed by atoms with van der Waals surface area (Å²) in [5.74, 6) is -2.78. The Bertz CT molecular complexity index is 134. The molecular formula is C8H12F2. The summed E-state index contributed by atoms with van der Waals surface area (Å²) < 4.78 is 26.1. The first kappa shape index (κ1) is 6.56. The summed E-state index contributed by atoms with van der Waals surface area (Å²) in [7, 11) is 0. The third kappa shape index (κ3) is 0.850. The number of rotatable bonds is 2. The van der Waals surface area contributed by atoms with Crippen LogP contribution >= 0.6 is 0 Å².